The van der Waals surface area contributed by atoms with Crippen LogP contribution in [0.3, 0.4) is 0 Å². The van der Waals surface area contributed by atoms with Crippen molar-refractivity contribution in [2.45, 2.75) is 12.8 Å². The molecular weight excluding hydrogens is 263 g/mol. The molecule has 0 aliphatic rings. The van der Waals surface area contributed by atoms with Gasteiger partial charge in [-0.15, -0.1) is 0 Å². The number of alkyl halides is 2. The van der Waals surface area contributed by atoms with E-state index in [0.717, 1.165) is 13.3 Å². The summed E-state index contributed by atoms with van der Waals surface area (Å²) in [7, 11) is 1.15. The lowest BCUT2D eigenvalue weighted by molar-refractivity contribution is -0.139. The first-order valence-corrected chi connectivity index (χ1v) is 4.90. The molecule has 0 fully saturated rings. The van der Waals surface area contributed by atoms with E-state index in [1.54, 1.807) is 0 Å². The van der Waals surface area contributed by atoms with Gasteiger partial charge in [-0.1, -0.05) is 23.2 Å². The minimum absolute atomic E-state index is 0.0369. The molecule has 1 rings (SSSR count). The summed E-state index contributed by atoms with van der Waals surface area (Å²) in [6.07, 6.45) is -2.09. The zero-order valence-electron chi connectivity index (χ0n) is 8.14. The molecule has 0 spiro atoms. The predicted octanol–water partition coefficient (Wildman–Crippen LogP) is 3.04. The number of pyridine rings is 1. The van der Waals surface area contributed by atoms with E-state index in [0.29, 0.717) is 0 Å². The van der Waals surface area contributed by atoms with Gasteiger partial charge in [0.1, 0.15) is 5.15 Å². The summed E-state index contributed by atoms with van der Waals surface area (Å²) >= 11 is 11.2. The Bertz CT molecular complexity index is 413. The molecule has 1 aromatic rings. The van der Waals surface area contributed by atoms with Gasteiger partial charge in [-0.25, -0.2) is 13.8 Å². The first kappa shape index (κ1) is 13.1. The average Bonchev–Trinajstić information content (AvgIpc) is 2.22. The fraction of sp³-hybridized carbons (Fsp3) is 0.333. The molecule has 7 heteroatoms. The van der Waals surface area contributed by atoms with Crippen LogP contribution in [0.25, 0.3) is 0 Å². The van der Waals surface area contributed by atoms with Gasteiger partial charge in [0.05, 0.1) is 24.1 Å². The van der Waals surface area contributed by atoms with Gasteiger partial charge in [-0.05, 0) is 5.56 Å². The first-order valence-electron chi connectivity index (χ1n) is 4.15. The van der Waals surface area contributed by atoms with Crippen LogP contribution in [0.1, 0.15) is 17.6 Å². The molecule has 0 aromatic carbocycles. The normalized spacial score (nSPS) is 10.6. The van der Waals surface area contributed by atoms with Crippen molar-refractivity contribution in [2.24, 2.45) is 0 Å². The van der Waals surface area contributed by atoms with Gasteiger partial charge in [0, 0.05) is 6.20 Å². The smallest absolute Gasteiger partial charge is 0.310 e. The minimum Gasteiger partial charge on any atom is -0.469 e. The molecule has 0 amide bonds. The number of hydrogen-bond acceptors (Lipinski definition) is 3. The zero-order chi connectivity index (χ0) is 12.3. The molecule has 0 aliphatic carbocycles. The summed E-state index contributed by atoms with van der Waals surface area (Å²) in [6.45, 7) is 0. The third-order valence-electron chi connectivity index (χ3n) is 1.89. The van der Waals surface area contributed by atoms with Crippen molar-refractivity contribution in [3.05, 3.63) is 27.5 Å². The Labute approximate surface area is 100 Å². The third-order valence-corrected chi connectivity index (χ3v) is 2.52. The molecule has 3 nitrogen and oxygen atoms in total. The highest BCUT2D eigenvalue weighted by Gasteiger charge is 2.22. The van der Waals surface area contributed by atoms with Crippen molar-refractivity contribution < 1.29 is 18.3 Å². The van der Waals surface area contributed by atoms with Crippen LogP contribution in [0, 0.1) is 0 Å². The molecule has 0 unspecified atom stereocenters. The first-order chi connectivity index (χ1) is 7.47. The van der Waals surface area contributed by atoms with Gasteiger partial charge in [0.2, 0.25) is 0 Å². The van der Waals surface area contributed by atoms with Gasteiger partial charge in [-0.2, -0.15) is 0 Å². The summed E-state index contributed by atoms with van der Waals surface area (Å²) < 4.78 is 29.8. The molecule has 0 bridgehead atoms. The Hall–Kier alpha value is -0.940. The standard InChI is InChI=1S/C9H7Cl2F2NO2/c1-16-6(15)2-4-5(10)3-14-8(11)7(4)9(12)13/h3,9H,2H2,1H3. The second-order valence-corrected chi connectivity index (χ2v) is 3.61. The Morgan fingerprint density at radius 3 is 2.69 bits per heavy atom. The summed E-state index contributed by atoms with van der Waals surface area (Å²) in [5.74, 6) is -0.675. The topological polar surface area (TPSA) is 39.2 Å². The number of ether oxygens (including phenoxy) is 1. The maximum absolute atomic E-state index is 12.7. The van der Waals surface area contributed by atoms with E-state index in [4.69, 9.17) is 23.2 Å². The van der Waals surface area contributed by atoms with Gasteiger partial charge in [0.15, 0.2) is 0 Å². The highest BCUT2D eigenvalue weighted by molar-refractivity contribution is 6.33. The number of rotatable bonds is 3. The number of nitrogens with zero attached hydrogens (tertiary/aromatic N) is 1. The molecule has 0 aliphatic heterocycles. The van der Waals surface area contributed by atoms with Gasteiger partial charge >= 0.3 is 5.97 Å². The molecule has 0 saturated heterocycles. The largest absolute Gasteiger partial charge is 0.469 e. The van der Waals surface area contributed by atoms with Crippen LogP contribution in [-0.4, -0.2) is 18.1 Å². The van der Waals surface area contributed by atoms with Crippen molar-refractivity contribution in [2.75, 3.05) is 7.11 Å². The monoisotopic (exact) mass is 269 g/mol. The molecule has 0 radical (unpaired) electrons. The molecule has 0 N–H and O–H groups in total. The van der Waals surface area contributed by atoms with E-state index >= 15 is 0 Å². The van der Waals surface area contributed by atoms with Crippen molar-refractivity contribution >= 4 is 29.2 Å². The molecule has 16 heavy (non-hydrogen) atoms. The number of hydrogen-bond donors (Lipinski definition) is 0. The summed E-state index contributed by atoms with van der Waals surface area (Å²) in [6, 6.07) is 0. The molecular formula is C9H7Cl2F2NO2. The van der Waals surface area contributed by atoms with Crippen LogP contribution in [0.5, 0.6) is 0 Å². The molecule has 1 heterocycles. The van der Waals surface area contributed by atoms with Crippen LogP contribution in [-0.2, 0) is 16.0 Å². The second kappa shape index (κ2) is 5.41. The van der Waals surface area contributed by atoms with Crippen LogP contribution in [0.4, 0.5) is 8.78 Å². The van der Waals surface area contributed by atoms with E-state index in [2.05, 4.69) is 9.72 Å². The van der Waals surface area contributed by atoms with Crippen molar-refractivity contribution in [3.63, 3.8) is 0 Å². The number of halogens is 4. The highest BCUT2D eigenvalue weighted by atomic mass is 35.5. The molecule has 0 atom stereocenters. The van der Waals surface area contributed by atoms with Gasteiger partial charge in [-0.3, -0.25) is 4.79 Å². The molecule has 88 valence electrons. The lowest BCUT2D eigenvalue weighted by Crippen LogP contribution is -2.09. The highest BCUT2D eigenvalue weighted by Crippen LogP contribution is 2.33. The predicted molar refractivity (Wildman–Crippen MR) is 54.9 cm³/mol. The maximum atomic E-state index is 12.7. The van der Waals surface area contributed by atoms with Crippen LogP contribution in [0.15, 0.2) is 6.20 Å². The van der Waals surface area contributed by atoms with E-state index < -0.39 is 18.0 Å². The molecule has 1 aromatic heterocycles. The number of methoxy groups -OCH3 is 1. The Morgan fingerprint density at radius 2 is 2.19 bits per heavy atom. The van der Waals surface area contributed by atoms with E-state index in [1.807, 2.05) is 0 Å². The number of carbonyl (C=O) groups is 1. The minimum atomic E-state index is -2.85. The Balaban J connectivity index is 3.23. The molecule has 0 saturated carbocycles. The van der Waals surface area contributed by atoms with Crippen LogP contribution < -0.4 is 0 Å². The lowest BCUT2D eigenvalue weighted by Gasteiger charge is -2.10. The fourth-order valence-corrected chi connectivity index (χ4v) is 1.59. The quantitative estimate of drug-likeness (QED) is 0.626. The van der Waals surface area contributed by atoms with Crippen molar-refractivity contribution in [3.8, 4) is 0 Å². The summed E-state index contributed by atoms with van der Waals surface area (Å²) in [5.41, 5.74) is -0.580. The third kappa shape index (κ3) is 2.80. The van der Waals surface area contributed by atoms with E-state index in [1.165, 1.54) is 0 Å². The fourth-order valence-electron chi connectivity index (χ4n) is 1.13. The number of carbonyl (C=O) groups excluding carboxylic acids is 1. The zero-order valence-corrected chi connectivity index (χ0v) is 9.65. The lowest BCUT2D eigenvalue weighted by atomic mass is 10.1. The van der Waals surface area contributed by atoms with Crippen molar-refractivity contribution in [1.29, 1.82) is 0 Å². The van der Waals surface area contributed by atoms with E-state index in [9.17, 15) is 13.6 Å². The van der Waals surface area contributed by atoms with Gasteiger partial charge < -0.3 is 4.74 Å². The SMILES string of the molecule is COC(=O)Cc1c(Cl)cnc(Cl)c1C(F)F. The number of esters is 1. The van der Waals surface area contributed by atoms with Crippen LogP contribution >= 0.6 is 23.2 Å². The Morgan fingerprint density at radius 1 is 1.56 bits per heavy atom. The van der Waals surface area contributed by atoms with Crippen LogP contribution in [0.2, 0.25) is 10.2 Å². The van der Waals surface area contributed by atoms with Crippen molar-refractivity contribution in [1.82, 2.24) is 4.98 Å². The Kier molecular flexibility index (Phi) is 4.44. The maximum Gasteiger partial charge on any atom is 0.310 e. The van der Waals surface area contributed by atoms with Gasteiger partial charge in [0.25, 0.3) is 6.43 Å². The number of aromatic nitrogens is 1. The van der Waals surface area contributed by atoms with E-state index in [-0.39, 0.29) is 22.2 Å². The second-order valence-electron chi connectivity index (χ2n) is 2.84. The average molecular weight is 270 g/mol. The summed E-state index contributed by atoms with van der Waals surface area (Å²) in [5, 5.41) is -0.400. The summed E-state index contributed by atoms with van der Waals surface area (Å²) in [4.78, 5) is 14.5.